The largest absolute Gasteiger partial charge is 0.462 e. The van der Waals surface area contributed by atoms with Gasteiger partial charge in [-0.2, -0.15) is 11.3 Å². The zero-order valence-corrected chi connectivity index (χ0v) is 11.3. The molecule has 5 heteroatoms. The number of aliphatic hydroxyl groups excluding tert-OH is 1. The van der Waals surface area contributed by atoms with E-state index in [9.17, 15) is 9.90 Å². The number of aryl methyl sites for hydroxylation is 1. The first-order chi connectivity index (χ1) is 9.15. The molecule has 0 saturated heterocycles. The highest BCUT2D eigenvalue weighted by molar-refractivity contribution is 7.07. The van der Waals surface area contributed by atoms with Gasteiger partial charge < -0.3 is 14.8 Å². The monoisotopic (exact) mass is 277 g/mol. The summed E-state index contributed by atoms with van der Waals surface area (Å²) in [6, 6.07) is 5.46. The molecule has 100 valence electrons. The lowest BCUT2D eigenvalue weighted by Crippen LogP contribution is -2.26. The summed E-state index contributed by atoms with van der Waals surface area (Å²) in [6.07, 6.45) is 2.31. The molecule has 0 bridgehead atoms. The van der Waals surface area contributed by atoms with Crippen molar-refractivity contribution < 1.29 is 14.3 Å². The summed E-state index contributed by atoms with van der Waals surface area (Å²) < 4.78 is 5.30. The summed E-state index contributed by atoms with van der Waals surface area (Å²) in [5.74, 6) is 1.17. The number of aliphatic hydroxyl groups is 1. The second-order valence-corrected chi connectivity index (χ2v) is 4.88. The van der Waals surface area contributed by atoms with Crippen LogP contribution in [0.1, 0.15) is 23.2 Å². The predicted molar refractivity (Wildman–Crippen MR) is 74.8 cm³/mol. The Labute approximate surface area is 115 Å². The van der Waals surface area contributed by atoms with Crippen LogP contribution in [0.5, 0.6) is 0 Å². The average molecular weight is 277 g/mol. The molecule has 2 rings (SSSR count). The van der Waals surface area contributed by atoms with Crippen LogP contribution >= 0.6 is 11.3 Å². The molecule has 0 aliphatic heterocycles. The maximum absolute atomic E-state index is 11.5. The van der Waals surface area contributed by atoms with E-state index in [1.54, 1.807) is 12.1 Å². The third-order valence-electron chi connectivity index (χ3n) is 2.56. The smallest absolute Gasteiger partial charge is 0.244 e. The fourth-order valence-corrected chi connectivity index (χ4v) is 2.25. The van der Waals surface area contributed by atoms with Crippen LogP contribution < -0.4 is 5.32 Å². The topological polar surface area (TPSA) is 62.5 Å². The SMILES string of the molecule is Cc1ccc(/C=C/C(=O)NCC(O)c2ccsc2)o1. The van der Waals surface area contributed by atoms with Crippen molar-refractivity contribution in [1.29, 1.82) is 0 Å². The van der Waals surface area contributed by atoms with Crippen LogP contribution in [0.4, 0.5) is 0 Å². The van der Waals surface area contributed by atoms with E-state index in [1.807, 2.05) is 29.8 Å². The Bertz CT molecular complexity index is 557. The van der Waals surface area contributed by atoms with Gasteiger partial charge in [0, 0.05) is 12.6 Å². The first-order valence-corrected chi connectivity index (χ1v) is 6.82. The van der Waals surface area contributed by atoms with Crippen molar-refractivity contribution >= 4 is 23.3 Å². The van der Waals surface area contributed by atoms with Gasteiger partial charge >= 0.3 is 0 Å². The summed E-state index contributed by atoms with van der Waals surface area (Å²) in [6.45, 7) is 2.03. The molecule has 0 fully saturated rings. The third-order valence-corrected chi connectivity index (χ3v) is 3.26. The highest BCUT2D eigenvalue weighted by Gasteiger charge is 2.08. The number of thiophene rings is 1. The van der Waals surface area contributed by atoms with Crippen molar-refractivity contribution in [3.05, 3.63) is 52.1 Å². The van der Waals surface area contributed by atoms with Gasteiger partial charge in [0.1, 0.15) is 11.5 Å². The molecule has 0 saturated carbocycles. The maximum Gasteiger partial charge on any atom is 0.244 e. The zero-order chi connectivity index (χ0) is 13.7. The molecule has 0 aliphatic rings. The summed E-state index contributed by atoms with van der Waals surface area (Å²) >= 11 is 1.51. The van der Waals surface area contributed by atoms with Gasteiger partial charge in [0.2, 0.25) is 5.91 Å². The summed E-state index contributed by atoms with van der Waals surface area (Å²) in [7, 11) is 0. The molecule has 1 amide bonds. The molecule has 2 N–H and O–H groups in total. The lowest BCUT2D eigenvalue weighted by atomic mass is 10.2. The van der Waals surface area contributed by atoms with E-state index in [-0.39, 0.29) is 12.5 Å². The van der Waals surface area contributed by atoms with Crippen LogP contribution in [0, 0.1) is 6.92 Å². The predicted octanol–water partition coefficient (Wildman–Crippen LogP) is 2.51. The Kier molecular flexibility index (Phi) is 4.54. The standard InChI is InChI=1S/C14H15NO3S/c1-10-2-3-12(18-10)4-5-14(17)15-8-13(16)11-6-7-19-9-11/h2-7,9,13,16H,8H2,1H3,(H,15,17)/b5-4+. The molecule has 1 unspecified atom stereocenters. The molecule has 2 aromatic heterocycles. The van der Waals surface area contributed by atoms with Gasteiger partial charge in [0.15, 0.2) is 0 Å². The van der Waals surface area contributed by atoms with Crippen molar-refractivity contribution in [2.45, 2.75) is 13.0 Å². The quantitative estimate of drug-likeness (QED) is 0.825. The molecular formula is C14H15NO3S. The second-order valence-electron chi connectivity index (χ2n) is 4.10. The van der Waals surface area contributed by atoms with E-state index in [0.29, 0.717) is 5.76 Å². The van der Waals surface area contributed by atoms with Crippen molar-refractivity contribution in [2.75, 3.05) is 6.54 Å². The fourth-order valence-electron chi connectivity index (χ4n) is 1.54. The van der Waals surface area contributed by atoms with Gasteiger partial charge in [-0.1, -0.05) is 0 Å². The number of furan rings is 1. The van der Waals surface area contributed by atoms with Crippen molar-refractivity contribution in [2.24, 2.45) is 0 Å². The third kappa shape index (κ3) is 4.08. The number of rotatable bonds is 5. The van der Waals surface area contributed by atoms with Crippen LogP contribution in [0.15, 0.2) is 39.5 Å². The lowest BCUT2D eigenvalue weighted by Gasteiger charge is -2.08. The van der Waals surface area contributed by atoms with Gasteiger partial charge in [0.05, 0.1) is 6.10 Å². The number of carbonyl (C=O) groups is 1. The van der Waals surface area contributed by atoms with Gasteiger partial charge in [-0.15, -0.1) is 0 Å². The van der Waals surface area contributed by atoms with Gasteiger partial charge in [-0.25, -0.2) is 0 Å². The van der Waals surface area contributed by atoms with Crippen LogP contribution in [0.3, 0.4) is 0 Å². The minimum Gasteiger partial charge on any atom is -0.462 e. The molecule has 2 aromatic rings. The summed E-state index contributed by atoms with van der Waals surface area (Å²) in [4.78, 5) is 11.5. The number of carbonyl (C=O) groups excluding carboxylic acids is 1. The number of hydrogen-bond acceptors (Lipinski definition) is 4. The Morgan fingerprint density at radius 2 is 2.37 bits per heavy atom. The Balaban J connectivity index is 1.80. The highest BCUT2D eigenvalue weighted by atomic mass is 32.1. The molecule has 19 heavy (non-hydrogen) atoms. The van der Waals surface area contributed by atoms with Gasteiger partial charge in [0.25, 0.3) is 0 Å². The number of amides is 1. The first-order valence-electron chi connectivity index (χ1n) is 5.87. The molecular weight excluding hydrogens is 262 g/mol. The number of hydrogen-bond donors (Lipinski definition) is 2. The van der Waals surface area contributed by atoms with E-state index < -0.39 is 6.10 Å². The van der Waals surface area contributed by atoms with Gasteiger partial charge in [-0.05, 0) is 47.5 Å². The van der Waals surface area contributed by atoms with Crippen molar-refractivity contribution in [3.63, 3.8) is 0 Å². The van der Waals surface area contributed by atoms with Gasteiger partial charge in [-0.3, -0.25) is 4.79 Å². The van der Waals surface area contributed by atoms with Crippen LogP contribution in [-0.2, 0) is 4.79 Å². The number of nitrogens with one attached hydrogen (secondary N) is 1. The molecule has 0 spiro atoms. The van der Waals surface area contributed by atoms with Crippen molar-refractivity contribution in [3.8, 4) is 0 Å². The van der Waals surface area contributed by atoms with E-state index in [4.69, 9.17) is 4.42 Å². The molecule has 2 heterocycles. The maximum atomic E-state index is 11.5. The van der Waals surface area contributed by atoms with Crippen LogP contribution in [-0.4, -0.2) is 17.6 Å². The zero-order valence-electron chi connectivity index (χ0n) is 10.5. The van der Waals surface area contributed by atoms with Crippen molar-refractivity contribution in [1.82, 2.24) is 5.32 Å². The molecule has 0 aromatic carbocycles. The van der Waals surface area contributed by atoms with E-state index in [0.717, 1.165) is 11.3 Å². The van der Waals surface area contributed by atoms with Crippen LogP contribution in [0.25, 0.3) is 6.08 Å². The molecule has 0 aliphatic carbocycles. The lowest BCUT2D eigenvalue weighted by molar-refractivity contribution is -0.116. The minimum atomic E-state index is -0.672. The normalized spacial score (nSPS) is 12.7. The van der Waals surface area contributed by atoms with E-state index >= 15 is 0 Å². The Morgan fingerprint density at radius 1 is 1.53 bits per heavy atom. The Hall–Kier alpha value is -1.85. The fraction of sp³-hybridized carbons (Fsp3) is 0.214. The van der Waals surface area contributed by atoms with E-state index in [1.165, 1.54) is 17.4 Å². The van der Waals surface area contributed by atoms with E-state index in [2.05, 4.69) is 5.32 Å². The average Bonchev–Trinajstić information content (AvgIpc) is 3.04. The first kappa shape index (κ1) is 13.6. The second kappa shape index (κ2) is 6.36. The molecule has 4 nitrogen and oxygen atoms in total. The Morgan fingerprint density at radius 3 is 3.00 bits per heavy atom. The summed E-state index contributed by atoms with van der Waals surface area (Å²) in [5, 5.41) is 16.2. The molecule has 0 radical (unpaired) electrons. The van der Waals surface area contributed by atoms with Crippen LogP contribution in [0.2, 0.25) is 0 Å². The summed E-state index contributed by atoms with van der Waals surface area (Å²) in [5.41, 5.74) is 0.816. The molecule has 1 atom stereocenters. The highest BCUT2D eigenvalue weighted by Crippen LogP contribution is 2.15. The minimum absolute atomic E-state index is 0.192.